The van der Waals surface area contributed by atoms with E-state index in [0.717, 1.165) is 5.56 Å². The molecule has 3 aromatic carbocycles. The lowest BCUT2D eigenvalue weighted by Gasteiger charge is -2.15. The molecular formula is C24H26N2O6S. The molecule has 1 atom stereocenters. The Bertz CT molecular complexity index is 1210. The predicted molar refractivity (Wildman–Crippen MR) is 127 cm³/mol. The number of carbonyl (C=O) groups is 1. The van der Waals surface area contributed by atoms with Crippen molar-refractivity contribution in [1.82, 2.24) is 0 Å². The Kier molecular flexibility index (Phi) is 7.44. The van der Waals surface area contributed by atoms with Crippen LogP contribution in [0.2, 0.25) is 0 Å². The molecule has 0 unspecified atom stereocenters. The maximum Gasteiger partial charge on any atom is 0.265 e. The van der Waals surface area contributed by atoms with Gasteiger partial charge in [0.1, 0.15) is 17.2 Å². The van der Waals surface area contributed by atoms with Gasteiger partial charge in [-0.15, -0.1) is 0 Å². The first-order chi connectivity index (χ1) is 15.7. The van der Waals surface area contributed by atoms with Gasteiger partial charge in [0.15, 0.2) is 6.10 Å². The van der Waals surface area contributed by atoms with Crippen molar-refractivity contribution in [3.05, 3.63) is 72.3 Å². The largest absolute Gasteiger partial charge is 0.497 e. The number of benzene rings is 3. The van der Waals surface area contributed by atoms with Gasteiger partial charge in [0.2, 0.25) is 0 Å². The molecule has 0 aromatic heterocycles. The van der Waals surface area contributed by atoms with Crippen LogP contribution < -0.4 is 24.2 Å². The van der Waals surface area contributed by atoms with E-state index >= 15 is 0 Å². The molecule has 3 aromatic rings. The van der Waals surface area contributed by atoms with E-state index in [4.69, 9.17) is 14.2 Å². The van der Waals surface area contributed by atoms with Crippen LogP contribution in [-0.2, 0) is 14.8 Å². The molecule has 8 nitrogen and oxygen atoms in total. The quantitative estimate of drug-likeness (QED) is 0.485. The molecule has 2 N–H and O–H groups in total. The number of hydrogen-bond donors (Lipinski definition) is 2. The van der Waals surface area contributed by atoms with Gasteiger partial charge in [0, 0.05) is 11.8 Å². The zero-order valence-electron chi connectivity index (χ0n) is 18.8. The summed E-state index contributed by atoms with van der Waals surface area (Å²) in [5.41, 5.74) is 1.78. The molecule has 1 amide bonds. The molecular weight excluding hydrogens is 444 g/mol. The number of carbonyl (C=O) groups excluding carboxylic acids is 1. The van der Waals surface area contributed by atoms with Crippen LogP contribution in [0.4, 0.5) is 11.4 Å². The van der Waals surface area contributed by atoms with Crippen molar-refractivity contribution < 1.29 is 27.4 Å². The topological polar surface area (TPSA) is 103 Å². The Labute approximate surface area is 193 Å². The fourth-order valence-corrected chi connectivity index (χ4v) is 3.99. The number of ether oxygens (including phenoxy) is 3. The van der Waals surface area contributed by atoms with Gasteiger partial charge in [0.25, 0.3) is 15.9 Å². The van der Waals surface area contributed by atoms with Crippen LogP contribution >= 0.6 is 0 Å². The summed E-state index contributed by atoms with van der Waals surface area (Å²) in [6, 6.07) is 18.0. The first-order valence-electron chi connectivity index (χ1n) is 10.1. The van der Waals surface area contributed by atoms with E-state index < -0.39 is 16.1 Å². The molecule has 0 radical (unpaired) electrons. The number of amides is 1. The minimum Gasteiger partial charge on any atom is -0.497 e. The minimum atomic E-state index is -3.90. The van der Waals surface area contributed by atoms with Gasteiger partial charge in [-0.05, 0) is 62.4 Å². The van der Waals surface area contributed by atoms with E-state index in [-0.39, 0.29) is 16.5 Å². The third-order valence-corrected chi connectivity index (χ3v) is 6.17. The van der Waals surface area contributed by atoms with Crippen LogP contribution in [0.1, 0.15) is 12.5 Å². The highest BCUT2D eigenvalue weighted by atomic mass is 32.2. The van der Waals surface area contributed by atoms with Gasteiger partial charge >= 0.3 is 0 Å². The average molecular weight is 471 g/mol. The number of hydrogen-bond acceptors (Lipinski definition) is 6. The van der Waals surface area contributed by atoms with Gasteiger partial charge in [-0.2, -0.15) is 0 Å². The minimum absolute atomic E-state index is 0.0225. The second-order valence-electron chi connectivity index (χ2n) is 7.26. The Morgan fingerprint density at radius 1 is 0.879 bits per heavy atom. The van der Waals surface area contributed by atoms with Crippen LogP contribution in [0.25, 0.3) is 0 Å². The highest BCUT2D eigenvalue weighted by Crippen LogP contribution is 2.31. The summed E-state index contributed by atoms with van der Waals surface area (Å²) in [4.78, 5) is 12.5. The van der Waals surface area contributed by atoms with E-state index in [0.29, 0.717) is 22.9 Å². The Morgan fingerprint density at radius 3 is 2.12 bits per heavy atom. The summed E-state index contributed by atoms with van der Waals surface area (Å²) < 4.78 is 44.2. The molecule has 0 bridgehead atoms. The second kappa shape index (κ2) is 10.3. The monoisotopic (exact) mass is 470 g/mol. The number of methoxy groups -OCH3 is 2. The zero-order chi connectivity index (χ0) is 24.0. The fraction of sp³-hybridized carbons (Fsp3) is 0.208. The first-order valence-corrected chi connectivity index (χ1v) is 11.6. The van der Waals surface area contributed by atoms with E-state index in [1.54, 1.807) is 31.2 Å². The summed E-state index contributed by atoms with van der Waals surface area (Å²) in [7, 11) is -0.969. The zero-order valence-corrected chi connectivity index (χ0v) is 19.6. The van der Waals surface area contributed by atoms with Gasteiger partial charge in [0.05, 0.1) is 24.8 Å². The number of aryl methyl sites for hydroxylation is 1. The third kappa shape index (κ3) is 6.17. The van der Waals surface area contributed by atoms with Crippen LogP contribution in [0.3, 0.4) is 0 Å². The molecule has 0 aliphatic heterocycles. The van der Waals surface area contributed by atoms with Crippen LogP contribution in [0, 0.1) is 6.92 Å². The van der Waals surface area contributed by atoms with Crippen molar-refractivity contribution in [1.29, 1.82) is 0 Å². The van der Waals surface area contributed by atoms with E-state index in [2.05, 4.69) is 10.0 Å². The van der Waals surface area contributed by atoms with E-state index in [1.807, 2.05) is 19.1 Å². The summed E-state index contributed by atoms with van der Waals surface area (Å²) in [5, 5.41) is 2.72. The number of rotatable bonds is 9. The van der Waals surface area contributed by atoms with Crippen molar-refractivity contribution in [2.75, 3.05) is 24.3 Å². The molecule has 0 heterocycles. The first kappa shape index (κ1) is 23.9. The molecule has 0 aliphatic carbocycles. The molecule has 0 aliphatic rings. The molecule has 0 saturated heterocycles. The SMILES string of the molecule is COc1ccc(OC)c(NS(=O)(=O)c2ccc(NC(=O)[C@H](C)Oc3ccc(C)cc3)cc2)c1. The summed E-state index contributed by atoms with van der Waals surface area (Å²) >= 11 is 0. The average Bonchev–Trinajstić information content (AvgIpc) is 2.80. The summed E-state index contributed by atoms with van der Waals surface area (Å²) in [6.07, 6.45) is -0.738. The lowest BCUT2D eigenvalue weighted by molar-refractivity contribution is -0.122. The maximum atomic E-state index is 12.8. The Morgan fingerprint density at radius 2 is 1.52 bits per heavy atom. The van der Waals surface area contributed by atoms with E-state index in [1.165, 1.54) is 44.6 Å². The fourth-order valence-electron chi connectivity index (χ4n) is 2.93. The smallest absolute Gasteiger partial charge is 0.265 e. The van der Waals surface area contributed by atoms with Crippen molar-refractivity contribution in [2.45, 2.75) is 24.8 Å². The lowest BCUT2D eigenvalue weighted by atomic mass is 10.2. The Balaban J connectivity index is 1.67. The summed E-state index contributed by atoms with van der Waals surface area (Å²) in [6.45, 7) is 3.60. The molecule has 0 saturated carbocycles. The molecule has 33 heavy (non-hydrogen) atoms. The number of sulfonamides is 1. The van der Waals surface area contributed by atoms with Crippen molar-refractivity contribution in [3.8, 4) is 17.2 Å². The predicted octanol–water partition coefficient (Wildman–Crippen LogP) is 4.22. The standard InChI is InChI=1S/C24H26N2O6S/c1-16-5-9-19(10-6-16)32-17(2)24(27)25-18-7-12-21(13-8-18)33(28,29)26-22-15-20(30-3)11-14-23(22)31-4/h5-15,17,26H,1-4H3,(H,25,27)/t17-/m0/s1. The second-order valence-corrected chi connectivity index (χ2v) is 8.94. The van der Waals surface area contributed by atoms with Crippen molar-refractivity contribution >= 4 is 27.3 Å². The number of nitrogens with one attached hydrogen (secondary N) is 2. The van der Waals surface area contributed by atoms with Gasteiger partial charge in [-0.1, -0.05) is 17.7 Å². The van der Waals surface area contributed by atoms with Gasteiger partial charge < -0.3 is 19.5 Å². The molecule has 9 heteroatoms. The van der Waals surface area contributed by atoms with Crippen LogP contribution in [0.5, 0.6) is 17.2 Å². The van der Waals surface area contributed by atoms with Crippen molar-refractivity contribution in [3.63, 3.8) is 0 Å². The third-order valence-electron chi connectivity index (χ3n) is 4.79. The molecule has 3 rings (SSSR count). The summed E-state index contributed by atoms with van der Waals surface area (Å²) in [5.74, 6) is 1.06. The highest BCUT2D eigenvalue weighted by Gasteiger charge is 2.19. The highest BCUT2D eigenvalue weighted by molar-refractivity contribution is 7.92. The van der Waals surface area contributed by atoms with Crippen molar-refractivity contribution in [2.24, 2.45) is 0 Å². The van der Waals surface area contributed by atoms with Crippen LogP contribution in [0.15, 0.2) is 71.6 Å². The van der Waals surface area contributed by atoms with Gasteiger partial charge in [-0.25, -0.2) is 8.42 Å². The molecule has 0 spiro atoms. The normalized spacial score (nSPS) is 11.9. The van der Waals surface area contributed by atoms with Crippen LogP contribution in [-0.4, -0.2) is 34.6 Å². The van der Waals surface area contributed by atoms with Gasteiger partial charge in [-0.3, -0.25) is 9.52 Å². The lowest BCUT2D eigenvalue weighted by Crippen LogP contribution is -2.30. The number of anilines is 2. The Hall–Kier alpha value is -3.72. The van der Waals surface area contributed by atoms with E-state index in [9.17, 15) is 13.2 Å². The maximum absolute atomic E-state index is 12.8. The molecule has 174 valence electrons. The molecule has 0 fully saturated rings.